The van der Waals surface area contributed by atoms with Crippen LogP contribution in [-0.2, 0) is 11.3 Å². The van der Waals surface area contributed by atoms with Crippen molar-refractivity contribution in [3.63, 3.8) is 0 Å². The van der Waals surface area contributed by atoms with Crippen LogP contribution in [0.15, 0.2) is 30.3 Å². The normalized spacial score (nSPS) is 26.6. The molecule has 0 saturated heterocycles. The third-order valence-electron chi connectivity index (χ3n) is 5.16. The highest BCUT2D eigenvalue weighted by atomic mass is 16.2. The molecule has 2 N–H and O–H groups in total. The average molecular weight is 286 g/mol. The summed E-state index contributed by atoms with van der Waals surface area (Å²) < 4.78 is 0. The lowest BCUT2D eigenvalue weighted by Crippen LogP contribution is -2.46. The number of amides is 1. The first-order valence-electron chi connectivity index (χ1n) is 8.27. The van der Waals surface area contributed by atoms with Crippen molar-refractivity contribution in [2.75, 3.05) is 0 Å². The molecule has 0 aromatic heterocycles. The van der Waals surface area contributed by atoms with Gasteiger partial charge in [-0.25, -0.2) is 0 Å². The van der Waals surface area contributed by atoms with Gasteiger partial charge in [-0.2, -0.15) is 0 Å². The van der Waals surface area contributed by atoms with E-state index >= 15 is 0 Å². The Morgan fingerprint density at radius 1 is 1.24 bits per heavy atom. The second kappa shape index (κ2) is 6.18. The minimum Gasteiger partial charge on any atom is -0.335 e. The Kier molecular flexibility index (Phi) is 4.29. The maximum absolute atomic E-state index is 13.0. The molecule has 114 valence electrons. The van der Waals surface area contributed by atoms with Crippen molar-refractivity contribution in [1.82, 2.24) is 4.90 Å². The van der Waals surface area contributed by atoms with E-state index in [0.29, 0.717) is 12.0 Å². The van der Waals surface area contributed by atoms with E-state index in [1.807, 2.05) is 18.2 Å². The lowest BCUT2D eigenvalue weighted by Gasteiger charge is -2.33. The van der Waals surface area contributed by atoms with E-state index in [1.165, 1.54) is 18.4 Å². The topological polar surface area (TPSA) is 46.3 Å². The fourth-order valence-electron chi connectivity index (χ4n) is 3.54. The molecule has 2 aliphatic rings. The van der Waals surface area contributed by atoms with Gasteiger partial charge in [0.15, 0.2) is 0 Å². The van der Waals surface area contributed by atoms with Gasteiger partial charge < -0.3 is 10.6 Å². The molecule has 3 nitrogen and oxygen atoms in total. The summed E-state index contributed by atoms with van der Waals surface area (Å²) >= 11 is 0. The van der Waals surface area contributed by atoms with E-state index in [1.54, 1.807) is 0 Å². The maximum atomic E-state index is 13.0. The number of carbonyl (C=O) groups excluding carboxylic acids is 1. The van der Waals surface area contributed by atoms with Crippen LogP contribution in [0.2, 0.25) is 0 Å². The van der Waals surface area contributed by atoms with Crippen LogP contribution in [0.25, 0.3) is 0 Å². The Hall–Kier alpha value is -1.35. The number of hydrogen-bond donors (Lipinski definition) is 1. The molecule has 3 rings (SSSR count). The molecular weight excluding hydrogens is 260 g/mol. The van der Waals surface area contributed by atoms with E-state index < -0.39 is 0 Å². The number of carbonyl (C=O) groups is 1. The van der Waals surface area contributed by atoms with E-state index in [-0.39, 0.29) is 17.9 Å². The quantitative estimate of drug-likeness (QED) is 0.904. The van der Waals surface area contributed by atoms with E-state index in [9.17, 15) is 4.79 Å². The van der Waals surface area contributed by atoms with Gasteiger partial charge in [-0.05, 0) is 44.1 Å². The van der Waals surface area contributed by atoms with E-state index in [0.717, 1.165) is 25.8 Å². The summed E-state index contributed by atoms with van der Waals surface area (Å²) in [7, 11) is 0. The van der Waals surface area contributed by atoms with Crippen LogP contribution in [0.5, 0.6) is 0 Å². The zero-order valence-corrected chi connectivity index (χ0v) is 12.9. The number of nitrogens with zero attached hydrogens (tertiary/aromatic N) is 1. The Labute approximate surface area is 127 Å². The van der Waals surface area contributed by atoms with Crippen LogP contribution in [-0.4, -0.2) is 22.9 Å². The van der Waals surface area contributed by atoms with Crippen molar-refractivity contribution in [1.29, 1.82) is 0 Å². The number of hydrogen-bond acceptors (Lipinski definition) is 2. The lowest BCUT2D eigenvalue weighted by atomic mass is 10.00. The van der Waals surface area contributed by atoms with Crippen molar-refractivity contribution >= 4 is 5.91 Å². The van der Waals surface area contributed by atoms with Crippen molar-refractivity contribution in [3.8, 4) is 0 Å². The Balaban J connectivity index is 1.76. The van der Waals surface area contributed by atoms with Crippen LogP contribution in [0, 0.1) is 11.8 Å². The molecular formula is C18H26N2O. The summed E-state index contributed by atoms with van der Waals surface area (Å²) in [5.41, 5.74) is 7.37. The van der Waals surface area contributed by atoms with Gasteiger partial charge in [0.1, 0.15) is 0 Å². The van der Waals surface area contributed by atoms with Crippen molar-refractivity contribution in [3.05, 3.63) is 35.9 Å². The smallest absolute Gasteiger partial charge is 0.227 e. The predicted molar refractivity (Wildman–Crippen MR) is 84.5 cm³/mol. The third kappa shape index (κ3) is 3.29. The highest BCUT2D eigenvalue weighted by Gasteiger charge is 2.39. The summed E-state index contributed by atoms with van der Waals surface area (Å²) in [4.78, 5) is 15.1. The molecule has 21 heavy (non-hydrogen) atoms. The number of rotatable bonds is 5. The Morgan fingerprint density at radius 2 is 1.95 bits per heavy atom. The van der Waals surface area contributed by atoms with Gasteiger partial charge in [-0.3, -0.25) is 4.79 Å². The molecule has 2 fully saturated rings. The van der Waals surface area contributed by atoms with Crippen molar-refractivity contribution in [2.45, 2.75) is 57.7 Å². The molecule has 1 aromatic carbocycles. The molecule has 3 atom stereocenters. The van der Waals surface area contributed by atoms with Gasteiger partial charge >= 0.3 is 0 Å². The lowest BCUT2D eigenvalue weighted by molar-refractivity contribution is -0.139. The third-order valence-corrected chi connectivity index (χ3v) is 5.16. The van der Waals surface area contributed by atoms with Gasteiger partial charge in [0.05, 0.1) is 5.92 Å². The van der Waals surface area contributed by atoms with Crippen molar-refractivity contribution < 1.29 is 4.79 Å². The van der Waals surface area contributed by atoms with Gasteiger partial charge in [0.2, 0.25) is 5.91 Å². The van der Waals surface area contributed by atoms with Crippen LogP contribution in [0.1, 0.15) is 44.6 Å². The van der Waals surface area contributed by atoms with Crippen LogP contribution in [0.4, 0.5) is 0 Å². The molecule has 0 radical (unpaired) electrons. The summed E-state index contributed by atoms with van der Waals surface area (Å²) in [5.74, 6) is 1.01. The first kappa shape index (κ1) is 14.6. The van der Waals surface area contributed by atoms with Gasteiger partial charge in [0.25, 0.3) is 0 Å². The summed E-state index contributed by atoms with van der Waals surface area (Å²) in [6.45, 7) is 2.93. The monoisotopic (exact) mass is 286 g/mol. The van der Waals surface area contributed by atoms with Gasteiger partial charge in [0, 0.05) is 18.6 Å². The molecule has 1 aromatic rings. The highest BCUT2D eigenvalue weighted by Crippen LogP contribution is 2.37. The van der Waals surface area contributed by atoms with Gasteiger partial charge in [-0.1, -0.05) is 36.8 Å². The summed E-state index contributed by atoms with van der Waals surface area (Å²) in [6, 6.07) is 10.7. The SMILES string of the molecule is CC(C1CC1)N(Cc1ccccc1)C(=O)C1CCCC1N. The maximum Gasteiger partial charge on any atom is 0.227 e. The fraction of sp³-hybridized carbons (Fsp3) is 0.611. The van der Waals surface area contributed by atoms with Gasteiger partial charge in [-0.15, -0.1) is 0 Å². The number of benzene rings is 1. The second-order valence-electron chi connectivity index (χ2n) is 6.73. The zero-order valence-electron chi connectivity index (χ0n) is 12.9. The fourth-order valence-corrected chi connectivity index (χ4v) is 3.54. The van der Waals surface area contributed by atoms with Crippen molar-refractivity contribution in [2.24, 2.45) is 17.6 Å². The van der Waals surface area contributed by atoms with Crippen LogP contribution in [0.3, 0.4) is 0 Å². The van der Waals surface area contributed by atoms with Crippen LogP contribution >= 0.6 is 0 Å². The Morgan fingerprint density at radius 3 is 2.52 bits per heavy atom. The zero-order chi connectivity index (χ0) is 14.8. The second-order valence-corrected chi connectivity index (χ2v) is 6.73. The largest absolute Gasteiger partial charge is 0.335 e. The molecule has 2 saturated carbocycles. The average Bonchev–Trinajstić information content (AvgIpc) is 3.26. The molecule has 0 aliphatic heterocycles. The molecule has 3 heteroatoms. The van der Waals surface area contributed by atoms with E-state index in [2.05, 4.69) is 24.0 Å². The summed E-state index contributed by atoms with van der Waals surface area (Å²) in [6.07, 6.45) is 5.57. The minimum absolute atomic E-state index is 0.0370. The molecule has 0 spiro atoms. The summed E-state index contributed by atoms with van der Waals surface area (Å²) in [5, 5.41) is 0. The molecule has 3 unspecified atom stereocenters. The predicted octanol–water partition coefficient (Wildman–Crippen LogP) is 2.94. The first-order valence-corrected chi connectivity index (χ1v) is 8.27. The van der Waals surface area contributed by atoms with Crippen LogP contribution < -0.4 is 5.73 Å². The highest BCUT2D eigenvalue weighted by molar-refractivity contribution is 5.80. The molecule has 0 heterocycles. The minimum atomic E-state index is 0.0370. The molecule has 2 aliphatic carbocycles. The molecule has 0 bridgehead atoms. The van der Waals surface area contributed by atoms with E-state index in [4.69, 9.17) is 5.73 Å². The standard InChI is InChI=1S/C18H26N2O/c1-13(15-10-11-15)20(12-14-6-3-2-4-7-14)18(21)16-8-5-9-17(16)19/h2-4,6-7,13,15-17H,5,8-12,19H2,1H3. The number of nitrogens with two attached hydrogens (primary N) is 1. The first-order chi connectivity index (χ1) is 10.2. The Bertz CT molecular complexity index is 483. The molecule has 1 amide bonds.